The number of anilines is 1. The molecule has 40 heavy (non-hydrogen) atoms. The summed E-state index contributed by atoms with van der Waals surface area (Å²) in [5.41, 5.74) is 2.13. The Morgan fingerprint density at radius 1 is 1.23 bits per heavy atom. The molecule has 4 rings (SSSR count). The number of fused-ring (bicyclic) bond motifs is 3. The minimum Gasteiger partial charge on any atom is -0.465 e. The molecule has 2 aliphatic rings. The molecule has 1 aliphatic heterocycles. The molecule has 0 aromatic carbocycles. The smallest absolute Gasteiger partial charge is 0.407 e. The van der Waals surface area contributed by atoms with E-state index in [-0.39, 0.29) is 24.4 Å². The number of amides is 2. The first kappa shape index (κ1) is 30.2. The molecule has 9 nitrogen and oxygen atoms in total. The van der Waals surface area contributed by atoms with E-state index in [1.807, 2.05) is 23.8 Å². The molecule has 0 unspecified atom stereocenters. The topological polar surface area (TPSA) is 91.1 Å². The average Bonchev–Trinajstić information content (AvgIpc) is 3.29. The van der Waals surface area contributed by atoms with E-state index >= 15 is 0 Å². The fraction of sp³-hybridized carbons (Fsp3) is 0.667. The van der Waals surface area contributed by atoms with Crippen LogP contribution in [0.5, 0.6) is 0 Å². The van der Waals surface area contributed by atoms with Crippen LogP contribution in [0.25, 0.3) is 11.0 Å². The van der Waals surface area contributed by atoms with Crippen molar-refractivity contribution in [3.05, 3.63) is 24.0 Å². The molecule has 3 heterocycles. The molecule has 2 aromatic heterocycles. The lowest BCUT2D eigenvalue weighted by Gasteiger charge is -2.45. The fourth-order valence-electron chi connectivity index (χ4n) is 5.64. The van der Waals surface area contributed by atoms with Crippen LogP contribution in [-0.4, -0.2) is 89.7 Å². The predicted octanol–water partition coefficient (Wildman–Crippen LogP) is 5.69. The highest BCUT2D eigenvalue weighted by Crippen LogP contribution is 2.39. The van der Waals surface area contributed by atoms with Gasteiger partial charge in [0.05, 0.1) is 17.9 Å². The zero-order valence-corrected chi connectivity index (χ0v) is 24.7. The third-order valence-corrected chi connectivity index (χ3v) is 9.58. The maximum absolute atomic E-state index is 13.3. The highest BCUT2D eigenvalue weighted by atomic mass is 28.3. The second-order valence-electron chi connectivity index (χ2n) is 12.1. The Morgan fingerprint density at radius 2 is 1.93 bits per heavy atom. The zero-order chi connectivity index (χ0) is 29.2. The SMILES string of the molecule is CCN1CN([C@H]2CC[C@H](CN(CC(F)(F)F)C(=O)O)CC2)c2c(cnc3c2ccn3COCC[Si](C)(C)C)C1=O. The highest BCUT2D eigenvalue weighted by molar-refractivity contribution is 6.76. The van der Waals surface area contributed by atoms with Crippen LogP contribution >= 0.6 is 0 Å². The van der Waals surface area contributed by atoms with Gasteiger partial charge in [0, 0.05) is 51.6 Å². The van der Waals surface area contributed by atoms with Crippen LogP contribution in [0.1, 0.15) is 43.0 Å². The van der Waals surface area contributed by atoms with E-state index in [0.29, 0.717) is 62.7 Å². The van der Waals surface area contributed by atoms with Crippen LogP contribution in [0, 0.1) is 5.92 Å². The molecular weight excluding hydrogens is 543 g/mol. The number of hydrogen-bond acceptors (Lipinski definition) is 5. The lowest BCUT2D eigenvalue weighted by molar-refractivity contribution is -0.143. The van der Waals surface area contributed by atoms with Crippen LogP contribution in [0.4, 0.5) is 23.7 Å². The number of carbonyl (C=O) groups is 2. The van der Waals surface area contributed by atoms with Gasteiger partial charge in [-0.05, 0) is 50.6 Å². The number of carbonyl (C=O) groups excluding carboxylic acids is 1. The van der Waals surface area contributed by atoms with Crippen LogP contribution in [0.15, 0.2) is 18.5 Å². The Labute approximate surface area is 233 Å². The van der Waals surface area contributed by atoms with Gasteiger partial charge in [-0.3, -0.25) is 9.69 Å². The zero-order valence-electron chi connectivity index (χ0n) is 23.7. The van der Waals surface area contributed by atoms with Crippen molar-refractivity contribution in [2.24, 2.45) is 5.92 Å². The minimum atomic E-state index is -4.57. The van der Waals surface area contributed by atoms with E-state index in [1.54, 1.807) is 11.1 Å². The summed E-state index contributed by atoms with van der Waals surface area (Å²) in [5.74, 6) is -0.213. The molecule has 1 N–H and O–H groups in total. The van der Waals surface area contributed by atoms with Crippen LogP contribution < -0.4 is 4.90 Å². The Morgan fingerprint density at radius 3 is 2.52 bits per heavy atom. The van der Waals surface area contributed by atoms with Gasteiger partial charge in [0.25, 0.3) is 5.91 Å². The summed E-state index contributed by atoms with van der Waals surface area (Å²) in [6.45, 7) is 9.27. The lowest BCUT2D eigenvalue weighted by Crippen LogP contribution is -2.52. The van der Waals surface area contributed by atoms with E-state index in [1.165, 1.54) is 0 Å². The van der Waals surface area contributed by atoms with E-state index in [2.05, 4.69) is 29.5 Å². The van der Waals surface area contributed by atoms with E-state index in [0.717, 1.165) is 22.8 Å². The van der Waals surface area contributed by atoms with Gasteiger partial charge in [0.1, 0.15) is 18.9 Å². The Kier molecular flexibility index (Phi) is 9.03. The maximum atomic E-state index is 13.3. The number of carboxylic acid groups (broad SMARTS) is 1. The van der Waals surface area contributed by atoms with Crippen molar-refractivity contribution in [2.45, 2.75) is 77.2 Å². The number of rotatable bonds is 10. The normalized spacial score (nSPS) is 20.2. The first-order valence-corrected chi connectivity index (χ1v) is 17.6. The average molecular weight is 584 g/mol. The summed E-state index contributed by atoms with van der Waals surface area (Å²) < 4.78 is 46.5. The van der Waals surface area contributed by atoms with Crippen molar-refractivity contribution in [1.29, 1.82) is 0 Å². The van der Waals surface area contributed by atoms with Crippen LogP contribution in [0.2, 0.25) is 25.7 Å². The lowest BCUT2D eigenvalue weighted by atomic mass is 9.84. The number of alkyl halides is 3. The largest absolute Gasteiger partial charge is 0.465 e. The Hall–Kier alpha value is -2.80. The summed E-state index contributed by atoms with van der Waals surface area (Å²) in [6, 6.07) is 3.10. The predicted molar refractivity (Wildman–Crippen MR) is 149 cm³/mol. The molecule has 1 saturated carbocycles. The molecule has 0 bridgehead atoms. The van der Waals surface area contributed by atoms with Crippen molar-refractivity contribution in [3.8, 4) is 0 Å². The number of pyridine rings is 1. The molecule has 13 heteroatoms. The maximum Gasteiger partial charge on any atom is 0.407 e. The van der Waals surface area contributed by atoms with Gasteiger partial charge in [-0.15, -0.1) is 0 Å². The quantitative estimate of drug-likeness (QED) is 0.286. The molecule has 1 aliphatic carbocycles. The number of hydrogen-bond donors (Lipinski definition) is 1. The van der Waals surface area contributed by atoms with Crippen molar-refractivity contribution in [1.82, 2.24) is 19.4 Å². The second-order valence-corrected chi connectivity index (χ2v) is 17.7. The van der Waals surface area contributed by atoms with Gasteiger partial charge in [0.2, 0.25) is 0 Å². The summed E-state index contributed by atoms with van der Waals surface area (Å²) in [4.78, 5) is 33.8. The molecule has 1 fully saturated rings. The van der Waals surface area contributed by atoms with Crippen molar-refractivity contribution < 1.29 is 32.6 Å². The molecule has 2 aromatic rings. The third-order valence-electron chi connectivity index (χ3n) is 7.87. The fourth-order valence-corrected chi connectivity index (χ4v) is 6.40. The van der Waals surface area contributed by atoms with Gasteiger partial charge < -0.3 is 24.2 Å². The summed E-state index contributed by atoms with van der Waals surface area (Å²) in [5, 5.41) is 10.2. The third kappa shape index (κ3) is 7.09. The van der Waals surface area contributed by atoms with Crippen LogP contribution in [0.3, 0.4) is 0 Å². The van der Waals surface area contributed by atoms with Gasteiger partial charge in [0.15, 0.2) is 0 Å². The Balaban J connectivity index is 1.52. The van der Waals surface area contributed by atoms with Gasteiger partial charge in [-0.2, -0.15) is 13.2 Å². The summed E-state index contributed by atoms with van der Waals surface area (Å²) in [7, 11) is -1.21. The number of nitrogens with zero attached hydrogens (tertiary/aromatic N) is 5. The van der Waals surface area contributed by atoms with E-state index < -0.39 is 26.9 Å². The molecule has 2 amide bonds. The van der Waals surface area contributed by atoms with Crippen LogP contribution in [-0.2, 0) is 11.5 Å². The molecule has 0 radical (unpaired) electrons. The van der Waals surface area contributed by atoms with Gasteiger partial charge in [-0.1, -0.05) is 19.6 Å². The molecule has 0 saturated heterocycles. The highest BCUT2D eigenvalue weighted by Gasteiger charge is 2.38. The van der Waals surface area contributed by atoms with E-state index in [4.69, 9.17) is 4.74 Å². The molecular formula is C27H40F3N5O4Si. The summed E-state index contributed by atoms with van der Waals surface area (Å²) in [6.07, 6.45) is 0.0553. The molecule has 222 valence electrons. The van der Waals surface area contributed by atoms with Crippen molar-refractivity contribution in [3.63, 3.8) is 0 Å². The van der Waals surface area contributed by atoms with Crippen molar-refractivity contribution in [2.75, 3.05) is 37.8 Å². The Bertz CT molecular complexity index is 1210. The van der Waals surface area contributed by atoms with Gasteiger partial charge in [-0.25, -0.2) is 9.78 Å². The monoisotopic (exact) mass is 583 g/mol. The standard InChI is InChI=1S/C27H40F3N5O4Si/c1-5-32-17-35(20-8-6-19(7-9-20)15-34(26(37)38)16-27(28,29)30)23-21-10-11-33(18-39-12-13-40(2,3)4)24(21)31-14-22(23)25(32)36/h10-11,14,19-20H,5-9,12-13,15-18H2,1-4H3,(H,37,38)/t19-,20-. The number of aromatic nitrogens is 2. The number of halogens is 3. The van der Waals surface area contributed by atoms with Crippen molar-refractivity contribution >= 4 is 36.8 Å². The molecule has 0 atom stereocenters. The van der Waals surface area contributed by atoms with Gasteiger partial charge >= 0.3 is 12.3 Å². The first-order valence-electron chi connectivity index (χ1n) is 13.9. The second kappa shape index (κ2) is 12.0. The number of ether oxygens (including phenoxy) is 1. The van der Waals surface area contributed by atoms with E-state index in [9.17, 15) is 27.9 Å². The summed E-state index contributed by atoms with van der Waals surface area (Å²) >= 11 is 0. The molecule has 0 spiro atoms. The first-order chi connectivity index (χ1) is 18.8. The minimum absolute atomic E-state index is 0.0692.